The number of anilines is 2. The quantitative estimate of drug-likeness (QED) is 0.707. The van der Waals surface area contributed by atoms with Crippen LogP contribution in [-0.2, 0) is 9.59 Å². The Morgan fingerprint density at radius 2 is 1.93 bits per heavy atom. The number of nitrogens with zero attached hydrogens (tertiary/aromatic N) is 2. The summed E-state index contributed by atoms with van der Waals surface area (Å²) in [7, 11) is 0. The lowest BCUT2D eigenvalue weighted by molar-refractivity contribution is -0.123. The van der Waals surface area contributed by atoms with Gasteiger partial charge in [-0.2, -0.15) is 0 Å². The van der Waals surface area contributed by atoms with E-state index in [2.05, 4.69) is 43.2 Å². The molecule has 0 spiro atoms. The Morgan fingerprint density at radius 3 is 2.76 bits per heavy atom. The van der Waals surface area contributed by atoms with Crippen molar-refractivity contribution in [2.75, 3.05) is 23.4 Å². The number of ether oxygens (including phenoxy) is 1. The molecule has 0 fully saturated rings. The number of rotatable bonds is 4. The summed E-state index contributed by atoms with van der Waals surface area (Å²) >= 11 is 1.37. The number of carbonyl (C=O) groups excluding carboxylic acids is 2. The fourth-order valence-corrected chi connectivity index (χ4v) is 4.05. The first-order chi connectivity index (χ1) is 13.9. The summed E-state index contributed by atoms with van der Waals surface area (Å²) in [6, 6.07) is 11.5. The molecule has 2 amide bonds. The number of hydrogen-bond donors (Lipinski definition) is 1. The van der Waals surface area contributed by atoms with Crippen molar-refractivity contribution in [2.24, 2.45) is 0 Å². The number of para-hydroxylation sites is 2. The maximum atomic E-state index is 12.6. The van der Waals surface area contributed by atoms with E-state index in [1.807, 2.05) is 17.5 Å². The third kappa shape index (κ3) is 3.86. The highest BCUT2D eigenvalue weighted by atomic mass is 32.1. The number of aromatic nitrogens is 1. The van der Waals surface area contributed by atoms with Crippen molar-refractivity contribution in [3.05, 3.63) is 58.5 Å². The molecule has 2 heterocycles. The molecule has 4 rings (SSSR count). The van der Waals surface area contributed by atoms with Gasteiger partial charge in [-0.25, -0.2) is 4.98 Å². The number of thiazole rings is 1. The molecule has 0 radical (unpaired) electrons. The van der Waals surface area contributed by atoms with E-state index in [0.717, 1.165) is 16.8 Å². The van der Waals surface area contributed by atoms with Crippen LogP contribution >= 0.6 is 11.3 Å². The zero-order valence-corrected chi connectivity index (χ0v) is 17.3. The van der Waals surface area contributed by atoms with Gasteiger partial charge >= 0.3 is 0 Å². The largest absolute Gasteiger partial charge is 0.482 e. The zero-order valence-electron chi connectivity index (χ0n) is 16.5. The van der Waals surface area contributed by atoms with Gasteiger partial charge in [-0.3, -0.25) is 14.5 Å². The zero-order chi connectivity index (χ0) is 20.5. The molecule has 0 saturated carbocycles. The number of hydrogen-bond acceptors (Lipinski definition) is 5. The van der Waals surface area contributed by atoms with Crippen molar-refractivity contribution in [1.82, 2.24) is 4.98 Å². The Hall–Kier alpha value is -3.19. The molecule has 6 nitrogen and oxygen atoms in total. The van der Waals surface area contributed by atoms with Crippen LogP contribution in [0.25, 0.3) is 11.3 Å². The minimum atomic E-state index is -0.298. The first-order valence-corrected chi connectivity index (χ1v) is 10.2. The second-order valence-corrected chi connectivity index (χ2v) is 7.93. The lowest BCUT2D eigenvalue weighted by atomic mass is 9.99. The normalized spacial score (nSPS) is 13.1. The Labute approximate surface area is 173 Å². The molecular weight excluding hydrogens is 386 g/mol. The molecule has 1 aliphatic heterocycles. The second kappa shape index (κ2) is 7.67. The minimum absolute atomic E-state index is 0.0717. The highest BCUT2D eigenvalue weighted by Gasteiger charge is 2.27. The Kier molecular flexibility index (Phi) is 5.07. The van der Waals surface area contributed by atoms with Crippen LogP contribution in [0.3, 0.4) is 0 Å². The fourth-order valence-electron chi connectivity index (χ4n) is 3.32. The number of nitrogens with one attached hydrogen (secondary N) is 1. The van der Waals surface area contributed by atoms with Gasteiger partial charge in [-0.1, -0.05) is 18.2 Å². The number of carbonyl (C=O) groups is 2. The van der Waals surface area contributed by atoms with Gasteiger partial charge in [0, 0.05) is 10.9 Å². The van der Waals surface area contributed by atoms with E-state index in [9.17, 15) is 9.59 Å². The van der Waals surface area contributed by atoms with Gasteiger partial charge in [-0.05, 0) is 55.7 Å². The fraction of sp³-hybridized carbons (Fsp3) is 0.227. The Balaban J connectivity index is 1.49. The molecule has 1 aliphatic rings. The summed E-state index contributed by atoms with van der Waals surface area (Å²) in [5.41, 5.74) is 6.08. The number of fused-ring (bicyclic) bond motifs is 1. The summed E-state index contributed by atoms with van der Waals surface area (Å²) in [5, 5.41) is 5.25. The smallest absolute Gasteiger partial charge is 0.265 e. The van der Waals surface area contributed by atoms with Crippen molar-refractivity contribution in [3.8, 4) is 17.0 Å². The topological polar surface area (TPSA) is 71.5 Å². The predicted octanol–water partition coefficient (Wildman–Crippen LogP) is 4.10. The van der Waals surface area contributed by atoms with Gasteiger partial charge in [-0.15, -0.1) is 11.3 Å². The molecule has 0 atom stereocenters. The SMILES string of the molecule is Cc1cc(C)c(-c2csc(NC(=O)CN3C(=O)COc4ccccc43)n2)cc1C. The van der Waals surface area contributed by atoms with Gasteiger partial charge < -0.3 is 10.1 Å². The summed E-state index contributed by atoms with van der Waals surface area (Å²) < 4.78 is 5.41. The minimum Gasteiger partial charge on any atom is -0.482 e. The maximum Gasteiger partial charge on any atom is 0.265 e. The summed E-state index contributed by atoms with van der Waals surface area (Å²) in [6.07, 6.45) is 0. The summed E-state index contributed by atoms with van der Waals surface area (Å²) in [4.78, 5) is 30.8. The van der Waals surface area contributed by atoms with Crippen molar-refractivity contribution in [2.45, 2.75) is 20.8 Å². The van der Waals surface area contributed by atoms with E-state index in [4.69, 9.17) is 4.74 Å². The third-order valence-corrected chi connectivity index (χ3v) is 5.73. The van der Waals surface area contributed by atoms with Crippen molar-refractivity contribution in [1.29, 1.82) is 0 Å². The lowest BCUT2D eigenvalue weighted by Gasteiger charge is -2.28. The monoisotopic (exact) mass is 407 g/mol. The molecule has 0 aliphatic carbocycles. The van der Waals surface area contributed by atoms with E-state index >= 15 is 0 Å². The number of amides is 2. The second-order valence-electron chi connectivity index (χ2n) is 7.07. The van der Waals surface area contributed by atoms with Gasteiger partial charge in [0.2, 0.25) is 5.91 Å². The van der Waals surface area contributed by atoms with Crippen molar-refractivity contribution < 1.29 is 14.3 Å². The average molecular weight is 407 g/mol. The van der Waals surface area contributed by atoms with Crippen molar-refractivity contribution >= 4 is 34.0 Å². The molecule has 2 aromatic carbocycles. The van der Waals surface area contributed by atoms with E-state index in [0.29, 0.717) is 16.6 Å². The van der Waals surface area contributed by atoms with E-state index in [1.165, 1.54) is 27.4 Å². The van der Waals surface area contributed by atoms with Gasteiger partial charge in [0.15, 0.2) is 11.7 Å². The Morgan fingerprint density at radius 1 is 1.17 bits per heavy atom. The molecule has 0 saturated heterocycles. The molecule has 29 heavy (non-hydrogen) atoms. The predicted molar refractivity (Wildman–Crippen MR) is 115 cm³/mol. The molecule has 0 bridgehead atoms. The third-order valence-electron chi connectivity index (χ3n) is 4.98. The van der Waals surface area contributed by atoms with Crippen LogP contribution in [-0.4, -0.2) is 29.9 Å². The highest BCUT2D eigenvalue weighted by molar-refractivity contribution is 7.14. The number of aryl methyl sites for hydroxylation is 3. The van der Waals surface area contributed by atoms with E-state index in [-0.39, 0.29) is 25.0 Å². The van der Waals surface area contributed by atoms with Gasteiger partial charge in [0.1, 0.15) is 12.3 Å². The average Bonchev–Trinajstić information content (AvgIpc) is 3.15. The molecule has 0 unspecified atom stereocenters. The summed E-state index contributed by atoms with van der Waals surface area (Å²) in [6.45, 7) is 6.06. The molecule has 1 N–H and O–H groups in total. The molecule has 1 aromatic heterocycles. The van der Waals surface area contributed by atoms with Crippen LogP contribution in [0.1, 0.15) is 16.7 Å². The summed E-state index contributed by atoms with van der Waals surface area (Å²) in [5.74, 6) is 0.0545. The first-order valence-electron chi connectivity index (χ1n) is 9.28. The van der Waals surface area contributed by atoms with E-state index in [1.54, 1.807) is 12.1 Å². The van der Waals surface area contributed by atoms with Crippen LogP contribution < -0.4 is 15.0 Å². The van der Waals surface area contributed by atoms with E-state index < -0.39 is 0 Å². The van der Waals surface area contributed by atoms with Gasteiger partial charge in [0.05, 0.1) is 11.4 Å². The van der Waals surface area contributed by atoms with Crippen LogP contribution in [0.15, 0.2) is 41.8 Å². The first kappa shape index (κ1) is 19.1. The number of benzene rings is 2. The Bertz CT molecular complexity index is 1110. The molecule has 7 heteroatoms. The lowest BCUT2D eigenvalue weighted by Crippen LogP contribution is -2.43. The van der Waals surface area contributed by atoms with Gasteiger partial charge in [0.25, 0.3) is 5.91 Å². The highest BCUT2D eigenvalue weighted by Crippen LogP contribution is 2.32. The van der Waals surface area contributed by atoms with Crippen LogP contribution in [0, 0.1) is 20.8 Å². The molecule has 148 valence electrons. The van der Waals surface area contributed by atoms with Crippen LogP contribution in [0.4, 0.5) is 10.8 Å². The molecule has 3 aromatic rings. The van der Waals surface area contributed by atoms with Crippen molar-refractivity contribution in [3.63, 3.8) is 0 Å². The molecular formula is C22H21N3O3S. The van der Waals surface area contributed by atoms with Crippen LogP contribution in [0.2, 0.25) is 0 Å². The standard InChI is InChI=1S/C22H21N3O3S/c1-13-8-15(3)16(9-14(13)2)17-12-29-22(23-17)24-20(26)10-25-18-6-4-5-7-19(18)28-11-21(25)27/h4-9,12H,10-11H2,1-3H3,(H,23,24,26). The maximum absolute atomic E-state index is 12.6. The van der Waals surface area contributed by atoms with Crippen LogP contribution in [0.5, 0.6) is 5.75 Å².